The minimum absolute atomic E-state index is 0.0542. The number of likely N-dealkylation sites (tertiary alicyclic amines) is 1. The average Bonchev–Trinajstić information content (AvgIpc) is 3.34. The fraction of sp³-hybridized carbons (Fsp3) is 0.350. The standard InChI is InChI=1S/C20H21FN4O2/c1-12-11-17(23-27-12)18-5-4-10-24(18)20(26)19-13(2)22-25(14(19)3)16-8-6-15(21)7-9-16/h6-9,11,18H,4-5,10H2,1-3H3/t18-/m1/s1. The molecular weight excluding hydrogens is 347 g/mol. The Bertz CT molecular complexity index is 990. The Balaban J connectivity index is 1.68. The third kappa shape index (κ3) is 3.03. The lowest BCUT2D eigenvalue weighted by atomic mass is 10.1. The molecule has 0 spiro atoms. The topological polar surface area (TPSA) is 64.2 Å². The number of benzene rings is 1. The molecule has 0 bridgehead atoms. The van der Waals surface area contributed by atoms with Crippen LogP contribution in [0.25, 0.3) is 5.69 Å². The first kappa shape index (κ1) is 17.5. The number of carbonyl (C=O) groups is 1. The highest BCUT2D eigenvalue weighted by Crippen LogP contribution is 2.34. The Morgan fingerprint density at radius 2 is 1.96 bits per heavy atom. The van der Waals surface area contributed by atoms with E-state index in [9.17, 15) is 9.18 Å². The van der Waals surface area contributed by atoms with Gasteiger partial charge in [0, 0.05) is 12.6 Å². The molecule has 4 rings (SSSR count). The van der Waals surface area contributed by atoms with E-state index in [0.29, 0.717) is 17.8 Å². The first-order chi connectivity index (χ1) is 13.0. The molecular formula is C20H21FN4O2. The van der Waals surface area contributed by atoms with Crippen molar-refractivity contribution in [2.75, 3.05) is 6.54 Å². The zero-order chi connectivity index (χ0) is 19.1. The van der Waals surface area contributed by atoms with Crippen molar-refractivity contribution in [3.8, 4) is 5.69 Å². The van der Waals surface area contributed by atoms with Crippen LogP contribution in [0.15, 0.2) is 34.9 Å². The van der Waals surface area contributed by atoms with Crippen LogP contribution in [-0.2, 0) is 0 Å². The molecule has 1 aliphatic rings. The predicted octanol–water partition coefficient (Wildman–Crippen LogP) is 3.90. The van der Waals surface area contributed by atoms with Gasteiger partial charge in [-0.25, -0.2) is 9.07 Å². The number of aromatic nitrogens is 3. The van der Waals surface area contributed by atoms with Crippen LogP contribution < -0.4 is 0 Å². The van der Waals surface area contributed by atoms with Crippen molar-refractivity contribution in [1.29, 1.82) is 0 Å². The van der Waals surface area contributed by atoms with Crippen LogP contribution >= 0.6 is 0 Å². The molecule has 3 aromatic rings. The van der Waals surface area contributed by atoms with Crippen LogP contribution in [0.2, 0.25) is 0 Å². The number of hydrogen-bond donors (Lipinski definition) is 0. The molecule has 0 unspecified atom stereocenters. The smallest absolute Gasteiger partial charge is 0.258 e. The van der Waals surface area contributed by atoms with Gasteiger partial charge >= 0.3 is 0 Å². The molecule has 0 aliphatic carbocycles. The lowest BCUT2D eigenvalue weighted by Crippen LogP contribution is -2.31. The zero-order valence-corrected chi connectivity index (χ0v) is 15.6. The van der Waals surface area contributed by atoms with Gasteiger partial charge in [0.15, 0.2) is 0 Å². The molecule has 1 atom stereocenters. The second-order valence-electron chi connectivity index (χ2n) is 6.95. The summed E-state index contributed by atoms with van der Waals surface area (Å²) in [6, 6.07) is 7.88. The monoisotopic (exact) mass is 368 g/mol. The van der Waals surface area contributed by atoms with Crippen molar-refractivity contribution in [1.82, 2.24) is 19.8 Å². The van der Waals surface area contributed by atoms with Gasteiger partial charge < -0.3 is 9.42 Å². The zero-order valence-electron chi connectivity index (χ0n) is 15.6. The SMILES string of the molecule is Cc1cc([C@H]2CCCN2C(=O)c2c(C)nn(-c3ccc(F)cc3)c2C)no1. The maximum Gasteiger partial charge on any atom is 0.258 e. The van der Waals surface area contributed by atoms with Crippen LogP contribution in [0.5, 0.6) is 0 Å². The molecule has 0 N–H and O–H groups in total. The van der Waals surface area contributed by atoms with Gasteiger partial charge in [0.1, 0.15) is 17.3 Å². The molecule has 1 amide bonds. The third-order valence-electron chi connectivity index (χ3n) is 5.08. The van der Waals surface area contributed by atoms with Crippen molar-refractivity contribution in [3.05, 3.63) is 64.6 Å². The molecule has 6 nitrogen and oxygen atoms in total. The lowest BCUT2D eigenvalue weighted by Gasteiger charge is -2.23. The van der Waals surface area contributed by atoms with E-state index in [-0.39, 0.29) is 17.8 Å². The van der Waals surface area contributed by atoms with E-state index in [1.807, 2.05) is 31.7 Å². The van der Waals surface area contributed by atoms with Crippen LogP contribution in [0.3, 0.4) is 0 Å². The Morgan fingerprint density at radius 3 is 2.63 bits per heavy atom. The summed E-state index contributed by atoms with van der Waals surface area (Å²) < 4.78 is 20.1. The van der Waals surface area contributed by atoms with Crippen LogP contribution in [-0.4, -0.2) is 32.3 Å². The van der Waals surface area contributed by atoms with E-state index in [2.05, 4.69) is 10.3 Å². The Hall–Kier alpha value is -2.96. The molecule has 140 valence electrons. The van der Waals surface area contributed by atoms with Crippen molar-refractivity contribution < 1.29 is 13.7 Å². The number of carbonyl (C=O) groups excluding carboxylic acids is 1. The van der Waals surface area contributed by atoms with E-state index in [4.69, 9.17) is 4.52 Å². The van der Waals surface area contributed by atoms with Crippen LogP contribution in [0.4, 0.5) is 4.39 Å². The fourth-order valence-corrected chi connectivity index (χ4v) is 3.79. The van der Waals surface area contributed by atoms with Crippen molar-refractivity contribution >= 4 is 5.91 Å². The molecule has 1 saturated heterocycles. The maximum absolute atomic E-state index is 13.3. The molecule has 27 heavy (non-hydrogen) atoms. The van der Waals surface area contributed by atoms with E-state index >= 15 is 0 Å². The Labute approximate surface area is 156 Å². The van der Waals surface area contributed by atoms with Crippen molar-refractivity contribution in [2.45, 2.75) is 39.7 Å². The summed E-state index contributed by atoms with van der Waals surface area (Å²) >= 11 is 0. The van der Waals surface area contributed by atoms with Gasteiger partial charge in [0.2, 0.25) is 0 Å². The van der Waals surface area contributed by atoms with Crippen LogP contribution in [0.1, 0.15) is 52.1 Å². The van der Waals surface area contributed by atoms with E-state index in [0.717, 1.165) is 35.7 Å². The quantitative estimate of drug-likeness (QED) is 0.703. The number of aryl methyl sites for hydroxylation is 2. The van der Waals surface area contributed by atoms with Gasteiger partial charge in [-0.15, -0.1) is 0 Å². The highest BCUT2D eigenvalue weighted by Gasteiger charge is 2.35. The van der Waals surface area contributed by atoms with E-state index < -0.39 is 0 Å². The molecule has 1 aromatic carbocycles. The largest absolute Gasteiger partial charge is 0.361 e. The average molecular weight is 368 g/mol. The number of rotatable bonds is 3. The molecule has 1 aliphatic heterocycles. The summed E-state index contributed by atoms with van der Waals surface area (Å²) in [5, 5.41) is 8.62. The summed E-state index contributed by atoms with van der Waals surface area (Å²) in [4.78, 5) is 15.2. The maximum atomic E-state index is 13.3. The van der Waals surface area contributed by atoms with Gasteiger partial charge in [-0.05, 0) is 57.9 Å². The molecule has 0 radical (unpaired) electrons. The van der Waals surface area contributed by atoms with Gasteiger partial charge in [-0.3, -0.25) is 4.79 Å². The van der Waals surface area contributed by atoms with E-state index in [1.54, 1.807) is 16.8 Å². The predicted molar refractivity (Wildman–Crippen MR) is 97.2 cm³/mol. The molecule has 0 saturated carbocycles. The normalized spacial score (nSPS) is 16.9. The summed E-state index contributed by atoms with van der Waals surface area (Å²) in [6.45, 7) is 6.21. The number of amides is 1. The number of hydrogen-bond acceptors (Lipinski definition) is 4. The second kappa shape index (κ2) is 6.64. The Kier molecular flexibility index (Phi) is 4.30. The fourth-order valence-electron chi connectivity index (χ4n) is 3.79. The molecule has 7 heteroatoms. The first-order valence-corrected chi connectivity index (χ1v) is 9.02. The summed E-state index contributed by atoms with van der Waals surface area (Å²) in [5.74, 6) is 0.377. The molecule has 1 fully saturated rings. The first-order valence-electron chi connectivity index (χ1n) is 9.02. The van der Waals surface area contributed by atoms with Gasteiger partial charge in [-0.1, -0.05) is 5.16 Å². The van der Waals surface area contributed by atoms with Crippen molar-refractivity contribution in [2.24, 2.45) is 0 Å². The van der Waals surface area contributed by atoms with Gasteiger partial charge in [-0.2, -0.15) is 5.10 Å². The van der Waals surface area contributed by atoms with Crippen LogP contribution in [0, 0.1) is 26.6 Å². The molecule has 2 aromatic heterocycles. The van der Waals surface area contributed by atoms with Gasteiger partial charge in [0.25, 0.3) is 5.91 Å². The minimum atomic E-state index is -0.306. The third-order valence-corrected chi connectivity index (χ3v) is 5.08. The van der Waals surface area contributed by atoms with Crippen molar-refractivity contribution in [3.63, 3.8) is 0 Å². The minimum Gasteiger partial charge on any atom is -0.361 e. The highest BCUT2D eigenvalue weighted by molar-refractivity contribution is 5.97. The Morgan fingerprint density at radius 1 is 1.22 bits per heavy atom. The molecule has 3 heterocycles. The van der Waals surface area contributed by atoms with Gasteiger partial charge in [0.05, 0.1) is 28.7 Å². The summed E-state index contributed by atoms with van der Waals surface area (Å²) in [5.41, 5.74) is 3.50. The number of nitrogens with zero attached hydrogens (tertiary/aromatic N) is 4. The van der Waals surface area contributed by atoms with E-state index in [1.165, 1.54) is 12.1 Å². The number of halogens is 1. The second-order valence-corrected chi connectivity index (χ2v) is 6.95. The highest BCUT2D eigenvalue weighted by atomic mass is 19.1. The lowest BCUT2D eigenvalue weighted by molar-refractivity contribution is 0.0729. The summed E-state index contributed by atoms with van der Waals surface area (Å²) in [6.07, 6.45) is 1.79. The summed E-state index contributed by atoms with van der Waals surface area (Å²) in [7, 11) is 0.